The zero-order valence-electron chi connectivity index (χ0n) is 14.4. The molecule has 1 saturated heterocycles. The second-order valence-corrected chi connectivity index (χ2v) is 6.66. The van der Waals surface area contributed by atoms with Crippen molar-refractivity contribution in [3.05, 3.63) is 59.1 Å². The van der Waals surface area contributed by atoms with Crippen molar-refractivity contribution in [2.24, 2.45) is 0 Å². The first-order valence-electron chi connectivity index (χ1n) is 8.62. The molecule has 1 amide bonds. The molecule has 0 radical (unpaired) electrons. The second kappa shape index (κ2) is 8.37. The maximum atomic E-state index is 13.1. The van der Waals surface area contributed by atoms with Crippen LogP contribution in [0.1, 0.15) is 30.9 Å². The zero-order valence-corrected chi connectivity index (χ0v) is 15.1. The monoisotopic (exact) mass is 358 g/mol. The van der Waals surface area contributed by atoms with Crippen LogP contribution in [0.15, 0.2) is 48.5 Å². The number of halogens is 1. The summed E-state index contributed by atoms with van der Waals surface area (Å²) < 4.78 is 5.16. The van der Waals surface area contributed by atoms with Gasteiger partial charge in [0.1, 0.15) is 11.8 Å². The molecule has 0 bridgehead atoms. The number of anilines is 1. The van der Waals surface area contributed by atoms with Crippen LogP contribution in [0, 0.1) is 0 Å². The largest absolute Gasteiger partial charge is 0.495 e. The van der Waals surface area contributed by atoms with Gasteiger partial charge in [0.15, 0.2) is 0 Å². The van der Waals surface area contributed by atoms with Gasteiger partial charge in [-0.15, -0.1) is 0 Å². The van der Waals surface area contributed by atoms with E-state index in [0.29, 0.717) is 16.5 Å². The van der Waals surface area contributed by atoms with Crippen LogP contribution < -0.4 is 10.1 Å². The second-order valence-electron chi connectivity index (χ2n) is 6.25. The molecule has 3 rings (SSSR count). The Morgan fingerprint density at radius 1 is 1.12 bits per heavy atom. The number of nitrogens with one attached hydrogen (secondary N) is 1. The maximum absolute atomic E-state index is 13.1. The Kier molecular flexibility index (Phi) is 5.95. The highest BCUT2D eigenvalue weighted by atomic mass is 35.5. The topological polar surface area (TPSA) is 41.6 Å². The first-order chi connectivity index (χ1) is 12.2. The minimum atomic E-state index is -0.289. The Morgan fingerprint density at radius 2 is 1.84 bits per heavy atom. The summed E-state index contributed by atoms with van der Waals surface area (Å²) in [6, 6.07) is 14.9. The molecule has 5 heteroatoms. The van der Waals surface area contributed by atoms with Crippen LogP contribution in [0.3, 0.4) is 0 Å². The normalized spacial score (nSPS) is 16.2. The standard InChI is InChI=1S/C20H23ClN2O2/c1-25-18-11-10-16(14-17(18)21)22-20(24)19(15-8-4-2-5-9-15)23-12-6-3-7-13-23/h2,4-5,8-11,14,19H,3,6-7,12-13H2,1H3,(H,22,24). The molecule has 1 aliphatic rings. The molecule has 2 aromatic carbocycles. The van der Waals surface area contributed by atoms with E-state index in [-0.39, 0.29) is 11.9 Å². The number of rotatable bonds is 5. The summed E-state index contributed by atoms with van der Waals surface area (Å²) >= 11 is 6.17. The maximum Gasteiger partial charge on any atom is 0.246 e. The number of amides is 1. The minimum Gasteiger partial charge on any atom is -0.495 e. The Hall–Kier alpha value is -2.04. The molecular formula is C20H23ClN2O2. The van der Waals surface area contributed by atoms with Crippen molar-refractivity contribution >= 4 is 23.2 Å². The fraction of sp³-hybridized carbons (Fsp3) is 0.350. The van der Waals surface area contributed by atoms with Crippen LogP contribution in [-0.2, 0) is 4.79 Å². The van der Waals surface area contributed by atoms with Gasteiger partial charge in [0.05, 0.1) is 12.1 Å². The van der Waals surface area contributed by atoms with Crippen LogP contribution in [-0.4, -0.2) is 31.0 Å². The lowest BCUT2D eigenvalue weighted by Gasteiger charge is -2.34. The van der Waals surface area contributed by atoms with Crippen molar-refractivity contribution < 1.29 is 9.53 Å². The van der Waals surface area contributed by atoms with E-state index in [1.54, 1.807) is 25.3 Å². The third kappa shape index (κ3) is 4.33. The van der Waals surface area contributed by atoms with E-state index in [0.717, 1.165) is 31.5 Å². The summed E-state index contributed by atoms with van der Waals surface area (Å²) in [5.74, 6) is 0.560. The van der Waals surface area contributed by atoms with Crippen LogP contribution in [0.2, 0.25) is 5.02 Å². The number of carbonyl (C=O) groups is 1. The molecule has 2 aromatic rings. The van der Waals surface area contributed by atoms with E-state index >= 15 is 0 Å². The lowest BCUT2D eigenvalue weighted by molar-refractivity contribution is -0.122. The van der Waals surface area contributed by atoms with Gasteiger partial charge in [-0.3, -0.25) is 9.69 Å². The number of nitrogens with zero attached hydrogens (tertiary/aromatic N) is 1. The quantitative estimate of drug-likeness (QED) is 0.854. The number of piperidine rings is 1. The summed E-state index contributed by atoms with van der Waals surface area (Å²) in [7, 11) is 1.57. The van der Waals surface area contributed by atoms with E-state index in [1.165, 1.54) is 6.42 Å². The molecule has 1 unspecified atom stereocenters. The van der Waals surface area contributed by atoms with Crippen LogP contribution in [0.4, 0.5) is 5.69 Å². The predicted octanol–water partition coefficient (Wildman–Crippen LogP) is 4.51. The highest BCUT2D eigenvalue weighted by Gasteiger charge is 2.28. The molecule has 25 heavy (non-hydrogen) atoms. The summed E-state index contributed by atoms with van der Waals surface area (Å²) in [5.41, 5.74) is 1.69. The number of ether oxygens (including phenoxy) is 1. The fourth-order valence-electron chi connectivity index (χ4n) is 3.29. The van der Waals surface area contributed by atoms with Gasteiger partial charge in [0.2, 0.25) is 5.91 Å². The van der Waals surface area contributed by atoms with E-state index in [9.17, 15) is 4.79 Å². The first-order valence-corrected chi connectivity index (χ1v) is 9.00. The molecule has 1 aliphatic heterocycles. The highest BCUT2D eigenvalue weighted by molar-refractivity contribution is 6.32. The molecule has 4 nitrogen and oxygen atoms in total. The Bertz CT molecular complexity index is 715. The Balaban J connectivity index is 1.82. The van der Waals surface area contributed by atoms with Crippen molar-refractivity contribution in [1.82, 2.24) is 4.90 Å². The van der Waals surface area contributed by atoms with E-state index in [4.69, 9.17) is 16.3 Å². The molecular weight excluding hydrogens is 336 g/mol. The van der Waals surface area contributed by atoms with Crippen molar-refractivity contribution in [3.63, 3.8) is 0 Å². The number of likely N-dealkylation sites (tertiary alicyclic amines) is 1. The van der Waals surface area contributed by atoms with Crippen molar-refractivity contribution in [1.29, 1.82) is 0 Å². The summed E-state index contributed by atoms with van der Waals surface area (Å²) in [6.45, 7) is 1.88. The summed E-state index contributed by atoms with van der Waals surface area (Å²) in [5, 5.41) is 3.49. The van der Waals surface area contributed by atoms with Gasteiger partial charge in [-0.05, 0) is 49.7 Å². The smallest absolute Gasteiger partial charge is 0.246 e. The third-order valence-electron chi connectivity index (χ3n) is 4.54. The van der Waals surface area contributed by atoms with Gasteiger partial charge >= 0.3 is 0 Å². The van der Waals surface area contributed by atoms with Gasteiger partial charge in [-0.2, -0.15) is 0 Å². The number of hydrogen-bond acceptors (Lipinski definition) is 3. The molecule has 0 aromatic heterocycles. The molecule has 1 N–H and O–H groups in total. The summed E-state index contributed by atoms with van der Waals surface area (Å²) in [4.78, 5) is 15.3. The van der Waals surface area contributed by atoms with Crippen molar-refractivity contribution in [3.8, 4) is 5.75 Å². The number of carbonyl (C=O) groups excluding carboxylic acids is 1. The lowest BCUT2D eigenvalue weighted by Crippen LogP contribution is -2.40. The van der Waals surface area contributed by atoms with Crippen LogP contribution in [0.25, 0.3) is 0 Å². The molecule has 0 spiro atoms. The van der Waals surface area contributed by atoms with Gasteiger partial charge in [-0.1, -0.05) is 48.4 Å². The first kappa shape index (κ1) is 17.8. The highest BCUT2D eigenvalue weighted by Crippen LogP contribution is 2.29. The van der Waals surface area contributed by atoms with Gasteiger partial charge in [-0.25, -0.2) is 0 Å². The Labute approximate surface area is 153 Å². The molecule has 1 heterocycles. The predicted molar refractivity (Wildman–Crippen MR) is 101 cm³/mol. The number of methoxy groups -OCH3 is 1. The van der Waals surface area contributed by atoms with Crippen molar-refractivity contribution in [2.75, 3.05) is 25.5 Å². The Morgan fingerprint density at radius 3 is 2.48 bits per heavy atom. The molecule has 1 atom stereocenters. The summed E-state index contributed by atoms with van der Waals surface area (Å²) in [6.07, 6.45) is 3.49. The zero-order chi connectivity index (χ0) is 17.6. The molecule has 1 fully saturated rings. The SMILES string of the molecule is COc1ccc(NC(=O)C(c2ccccc2)N2CCCCC2)cc1Cl. The molecule has 132 valence electrons. The van der Waals surface area contributed by atoms with Crippen LogP contribution >= 0.6 is 11.6 Å². The average Bonchev–Trinajstić information content (AvgIpc) is 2.64. The minimum absolute atomic E-state index is 0.0330. The number of hydrogen-bond donors (Lipinski definition) is 1. The fourth-order valence-corrected chi connectivity index (χ4v) is 3.55. The third-order valence-corrected chi connectivity index (χ3v) is 4.83. The molecule has 0 aliphatic carbocycles. The van der Waals surface area contributed by atoms with Gasteiger partial charge in [0, 0.05) is 5.69 Å². The van der Waals surface area contributed by atoms with E-state index in [2.05, 4.69) is 10.2 Å². The van der Waals surface area contributed by atoms with Crippen molar-refractivity contribution in [2.45, 2.75) is 25.3 Å². The van der Waals surface area contributed by atoms with E-state index < -0.39 is 0 Å². The van der Waals surface area contributed by atoms with Crippen LogP contribution in [0.5, 0.6) is 5.75 Å². The average molecular weight is 359 g/mol. The van der Waals surface area contributed by atoms with Gasteiger partial charge < -0.3 is 10.1 Å². The van der Waals surface area contributed by atoms with Gasteiger partial charge in [0.25, 0.3) is 0 Å². The lowest BCUT2D eigenvalue weighted by atomic mass is 10.0. The molecule has 0 saturated carbocycles. The van der Waals surface area contributed by atoms with E-state index in [1.807, 2.05) is 30.3 Å². The number of benzene rings is 2.